The molecule has 1 aliphatic rings. The molecule has 17 heavy (non-hydrogen) atoms. The number of nitrogens with one attached hydrogen (secondary N) is 1. The van der Waals surface area contributed by atoms with Crippen molar-refractivity contribution in [2.45, 2.75) is 6.42 Å². The first-order chi connectivity index (χ1) is 8.22. The van der Waals surface area contributed by atoms with Crippen molar-refractivity contribution in [1.82, 2.24) is 0 Å². The predicted molar refractivity (Wildman–Crippen MR) is 69.0 cm³/mol. The summed E-state index contributed by atoms with van der Waals surface area (Å²) in [5.74, 6) is -0.305. The van der Waals surface area contributed by atoms with Gasteiger partial charge in [-0.3, -0.25) is 0 Å². The molecule has 0 saturated carbocycles. The smallest absolute Gasteiger partial charge is 0.125 e. The molecule has 0 spiro atoms. The van der Waals surface area contributed by atoms with Crippen molar-refractivity contribution in [3.8, 4) is 11.1 Å². The Morgan fingerprint density at radius 1 is 1.06 bits per heavy atom. The maximum absolute atomic E-state index is 13.3. The lowest BCUT2D eigenvalue weighted by atomic mass is 10.0. The monoisotopic (exact) mass is 247 g/mol. The van der Waals surface area contributed by atoms with E-state index in [1.165, 1.54) is 17.7 Å². The third-order valence-corrected chi connectivity index (χ3v) is 3.23. The Labute approximate surface area is 104 Å². The highest BCUT2D eigenvalue weighted by Crippen LogP contribution is 2.30. The van der Waals surface area contributed by atoms with Gasteiger partial charge in [-0.15, -0.1) is 0 Å². The van der Waals surface area contributed by atoms with Gasteiger partial charge in [-0.1, -0.05) is 23.7 Å². The van der Waals surface area contributed by atoms with Crippen molar-refractivity contribution in [3.05, 3.63) is 52.8 Å². The minimum atomic E-state index is -0.305. The van der Waals surface area contributed by atoms with Crippen LogP contribution in [-0.4, -0.2) is 6.54 Å². The van der Waals surface area contributed by atoms with Crippen LogP contribution in [0.2, 0.25) is 5.02 Å². The molecule has 0 bridgehead atoms. The fraction of sp³-hybridized carbons (Fsp3) is 0.143. The van der Waals surface area contributed by atoms with Gasteiger partial charge in [0.15, 0.2) is 0 Å². The van der Waals surface area contributed by atoms with Crippen molar-refractivity contribution in [1.29, 1.82) is 0 Å². The van der Waals surface area contributed by atoms with Crippen molar-refractivity contribution in [2.24, 2.45) is 0 Å². The second kappa shape index (κ2) is 4.04. The van der Waals surface area contributed by atoms with E-state index in [-0.39, 0.29) is 5.82 Å². The molecule has 0 fully saturated rings. The fourth-order valence-corrected chi connectivity index (χ4v) is 2.41. The van der Waals surface area contributed by atoms with Gasteiger partial charge in [0.2, 0.25) is 0 Å². The number of anilines is 1. The average molecular weight is 248 g/mol. The molecular formula is C14H11ClFN. The van der Waals surface area contributed by atoms with E-state index in [4.69, 9.17) is 11.6 Å². The van der Waals surface area contributed by atoms with Gasteiger partial charge in [0.25, 0.3) is 0 Å². The lowest BCUT2D eigenvalue weighted by molar-refractivity contribution is 0.628. The average Bonchev–Trinajstić information content (AvgIpc) is 2.74. The van der Waals surface area contributed by atoms with Crippen LogP contribution < -0.4 is 5.32 Å². The Balaban J connectivity index is 2.09. The first kappa shape index (κ1) is 10.6. The zero-order valence-corrected chi connectivity index (χ0v) is 9.89. The molecule has 2 aromatic rings. The maximum atomic E-state index is 13.3. The lowest BCUT2D eigenvalue weighted by Crippen LogP contribution is -1.91. The predicted octanol–water partition coefficient (Wildman–Crippen LogP) is 4.11. The molecule has 0 unspecified atom stereocenters. The SMILES string of the molecule is Fc1cc(Cl)cc(-c2ccc3c(c2)NCC3)c1. The minimum Gasteiger partial charge on any atom is -0.384 e. The van der Waals surface area contributed by atoms with E-state index in [9.17, 15) is 4.39 Å². The summed E-state index contributed by atoms with van der Waals surface area (Å²) in [6.45, 7) is 0.975. The van der Waals surface area contributed by atoms with Crippen LogP contribution in [0.3, 0.4) is 0 Å². The van der Waals surface area contributed by atoms with Gasteiger partial charge in [0.05, 0.1) is 0 Å². The van der Waals surface area contributed by atoms with Crippen LogP contribution in [0, 0.1) is 5.82 Å². The van der Waals surface area contributed by atoms with Gasteiger partial charge >= 0.3 is 0 Å². The Bertz CT molecular complexity index is 560. The molecule has 0 aromatic heterocycles. The highest BCUT2D eigenvalue weighted by atomic mass is 35.5. The number of hydrogen-bond donors (Lipinski definition) is 1. The molecule has 1 aliphatic heterocycles. The van der Waals surface area contributed by atoms with Crippen LogP contribution in [0.5, 0.6) is 0 Å². The van der Waals surface area contributed by atoms with Crippen molar-refractivity contribution in [2.75, 3.05) is 11.9 Å². The van der Waals surface area contributed by atoms with Crippen LogP contribution in [-0.2, 0) is 6.42 Å². The van der Waals surface area contributed by atoms with Gasteiger partial charge in [-0.25, -0.2) is 4.39 Å². The molecular weight excluding hydrogens is 237 g/mol. The standard InChI is InChI=1S/C14H11ClFN/c15-12-5-11(6-13(16)8-12)10-2-1-9-3-4-17-14(9)7-10/h1-2,5-8,17H,3-4H2. The summed E-state index contributed by atoms with van der Waals surface area (Å²) in [6.07, 6.45) is 1.06. The molecule has 2 aromatic carbocycles. The van der Waals surface area contributed by atoms with Gasteiger partial charge < -0.3 is 5.32 Å². The van der Waals surface area contributed by atoms with Gasteiger partial charge in [0.1, 0.15) is 5.82 Å². The zero-order valence-electron chi connectivity index (χ0n) is 9.13. The van der Waals surface area contributed by atoms with E-state index < -0.39 is 0 Å². The van der Waals surface area contributed by atoms with Crippen molar-refractivity contribution >= 4 is 17.3 Å². The molecule has 0 saturated heterocycles. The van der Waals surface area contributed by atoms with E-state index in [1.807, 2.05) is 12.1 Å². The molecule has 1 heterocycles. The highest BCUT2D eigenvalue weighted by molar-refractivity contribution is 6.30. The van der Waals surface area contributed by atoms with Gasteiger partial charge in [0, 0.05) is 17.3 Å². The van der Waals surface area contributed by atoms with Crippen LogP contribution in [0.1, 0.15) is 5.56 Å². The molecule has 0 amide bonds. The lowest BCUT2D eigenvalue weighted by Gasteiger charge is -2.06. The van der Waals surface area contributed by atoms with E-state index in [2.05, 4.69) is 11.4 Å². The summed E-state index contributed by atoms with van der Waals surface area (Å²) in [4.78, 5) is 0. The third kappa shape index (κ3) is 2.01. The molecule has 86 valence electrons. The number of halogens is 2. The van der Waals surface area contributed by atoms with E-state index in [0.29, 0.717) is 5.02 Å². The molecule has 0 aliphatic carbocycles. The Morgan fingerprint density at radius 3 is 2.76 bits per heavy atom. The van der Waals surface area contributed by atoms with Crippen LogP contribution in [0.4, 0.5) is 10.1 Å². The van der Waals surface area contributed by atoms with Crippen molar-refractivity contribution in [3.63, 3.8) is 0 Å². The van der Waals surface area contributed by atoms with E-state index in [0.717, 1.165) is 29.8 Å². The number of benzene rings is 2. The second-order valence-corrected chi connectivity index (χ2v) is 4.64. The third-order valence-electron chi connectivity index (χ3n) is 3.02. The molecule has 1 nitrogen and oxygen atoms in total. The van der Waals surface area contributed by atoms with Gasteiger partial charge in [-0.2, -0.15) is 0 Å². The van der Waals surface area contributed by atoms with E-state index >= 15 is 0 Å². The number of hydrogen-bond acceptors (Lipinski definition) is 1. The van der Waals surface area contributed by atoms with Crippen LogP contribution >= 0.6 is 11.6 Å². The first-order valence-electron chi connectivity index (χ1n) is 5.56. The summed E-state index contributed by atoms with van der Waals surface area (Å²) < 4.78 is 13.3. The van der Waals surface area contributed by atoms with Gasteiger partial charge in [-0.05, 0) is 47.4 Å². The normalized spacial score (nSPS) is 13.3. The Kier molecular flexibility index (Phi) is 2.52. The zero-order chi connectivity index (χ0) is 11.8. The molecule has 3 rings (SSSR count). The minimum absolute atomic E-state index is 0.305. The summed E-state index contributed by atoms with van der Waals surface area (Å²) in [6, 6.07) is 10.7. The van der Waals surface area contributed by atoms with Crippen molar-refractivity contribution < 1.29 is 4.39 Å². The summed E-state index contributed by atoms with van der Waals surface area (Å²) in [7, 11) is 0. The number of fused-ring (bicyclic) bond motifs is 1. The van der Waals surface area contributed by atoms with Crippen LogP contribution in [0.15, 0.2) is 36.4 Å². The Hall–Kier alpha value is -1.54. The maximum Gasteiger partial charge on any atom is 0.125 e. The highest BCUT2D eigenvalue weighted by Gasteiger charge is 2.11. The summed E-state index contributed by atoms with van der Waals surface area (Å²) >= 11 is 5.86. The quantitative estimate of drug-likeness (QED) is 0.800. The summed E-state index contributed by atoms with van der Waals surface area (Å²) in [5, 5.41) is 3.74. The first-order valence-corrected chi connectivity index (χ1v) is 5.93. The molecule has 0 radical (unpaired) electrons. The fourth-order valence-electron chi connectivity index (χ4n) is 2.19. The molecule has 3 heteroatoms. The number of rotatable bonds is 1. The Morgan fingerprint density at radius 2 is 1.94 bits per heavy atom. The molecule has 1 N–H and O–H groups in total. The summed E-state index contributed by atoms with van der Waals surface area (Å²) in [5.41, 5.74) is 4.25. The topological polar surface area (TPSA) is 12.0 Å². The van der Waals surface area contributed by atoms with E-state index in [1.54, 1.807) is 6.07 Å². The molecule has 0 atom stereocenters. The second-order valence-electron chi connectivity index (χ2n) is 4.21. The van der Waals surface area contributed by atoms with Crippen LogP contribution in [0.25, 0.3) is 11.1 Å². The largest absolute Gasteiger partial charge is 0.384 e.